The first-order valence-electron chi connectivity index (χ1n) is 28.8. The number of rotatable bonds is 6. The van der Waals surface area contributed by atoms with Crippen molar-refractivity contribution >= 4 is 165 Å². The third kappa shape index (κ3) is 7.61. The van der Waals surface area contributed by atoms with Crippen molar-refractivity contribution in [1.29, 1.82) is 0 Å². The molecule has 404 valence electrons. The summed E-state index contributed by atoms with van der Waals surface area (Å²) in [7, 11) is 0. The van der Waals surface area contributed by atoms with Crippen LogP contribution in [0.2, 0.25) is 0 Å². The van der Waals surface area contributed by atoms with Gasteiger partial charge in [0, 0.05) is 95.7 Å². The number of furan rings is 2. The van der Waals surface area contributed by atoms with Crippen LogP contribution in [0.4, 0.5) is 34.5 Å². The van der Waals surface area contributed by atoms with Gasteiger partial charge in [0.25, 0.3) is 6.71 Å². The number of aryl methyl sites for hydroxylation is 1. The lowest BCUT2D eigenvalue weighted by atomic mass is 9.33. The highest BCUT2D eigenvalue weighted by atomic mass is 32.1. The Morgan fingerprint density at radius 2 is 0.690 bits per heavy atom. The number of hydrogen-bond acceptors (Lipinski definition) is 8. The molecule has 0 saturated heterocycles. The third-order valence-electron chi connectivity index (χ3n) is 17.7. The van der Waals surface area contributed by atoms with E-state index in [-0.39, 0.29) is 17.5 Å². The van der Waals surface area contributed by atoms with E-state index in [0.29, 0.717) is 0 Å². The lowest BCUT2D eigenvalue weighted by molar-refractivity contribution is 0.589. The van der Waals surface area contributed by atoms with Gasteiger partial charge in [-0.15, -0.1) is 45.3 Å². The Hall–Kier alpha value is -8.44. The summed E-state index contributed by atoms with van der Waals surface area (Å²) in [4.78, 5) is 4.96. The van der Waals surface area contributed by atoms with Crippen molar-refractivity contribution in [3.8, 4) is 44.5 Å². The second-order valence-electron chi connectivity index (χ2n) is 25.0. The second kappa shape index (κ2) is 18.3. The fraction of sp³-hybridized carbons (Fsp3) is 0.120. The quantitative estimate of drug-likeness (QED) is 0.155. The molecule has 2 aliphatic heterocycles. The molecule has 0 saturated carbocycles. The molecule has 9 aromatic carbocycles. The van der Waals surface area contributed by atoms with Gasteiger partial charge in [-0.05, 0) is 181 Å². The van der Waals surface area contributed by atoms with Crippen molar-refractivity contribution in [2.24, 2.45) is 0 Å². The zero-order valence-electron chi connectivity index (χ0n) is 47.6. The summed E-state index contributed by atoms with van der Waals surface area (Å²) in [6.07, 6.45) is 0. The van der Waals surface area contributed by atoms with Crippen LogP contribution in [0.1, 0.15) is 58.2 Å². The van der Waals surface area contributed by atoms with E-state index in [4.69, 9.17) is 8.83 Å². The maximum Gasteiger partial charge on any atom is 0.262 e. The van der Waals surface area contributed by atoms with Crippen molar-refractivity contribution in [2.75, 3.05) is 9.80 Å². The summed E-state index contributed by atoms with van der Waals surface area (Å²) in [6, 6.07) is 68.4. The highest BCUT2D eigenvalue weighted by molar-refractivity contribution is 7.19. The molecule has 84 heavy (non-hydrogen) atoms. The smallest absolute Gasteiger partial charge is 0.262 e. The van der Waals surface area contributed by atoms with Gasteiger partial charge in [0.1, 0.15) is 11.2 Å². The Bertz CT molecular complexity index is 4740. The third-order valence-corrected chi connectivity index (χ3v) is 21.6. The first-order chi connectivity index (χ1) is 40.8. The molecular weight excluding hydrogens is 1100 g/mol. The van der Waals surface area contributed by atoms with Gasteiger partial charge in [0.15, 0.2) is 0 Å². The van der Waals surface area contributed by atoms with E-state index >= 15 is 0 Å². The number of benzene rings is 9. The van der Waals surface area contributed by atoms with E-state index in [9.17, 15) is 0 Å². The SMILES string of the molecule is Cc1cc2c3c(c1)N(c1cc(-c4csc5ccccc45)cc(-c4csc5ccccc45)c1)c1oc4ccc(C(C)(C)C)cc4c1B3c1c(oc3ccc(C(C)(C)C)cc13)N2c1cc(-c2csc3ccccc23)cc(-c2csc3ccccc23)c1. The average Bonchev–Trinajstić information content (AvgIpc) is 1.64. The van der Waals surface area contributed by atoms with E-state index in [1.807, 2.05) is 45.3 Å². The summed E-state index contributed by atoms with van der Waals surface area (Å²) >= 11 is 7.23. The molecule has 0 bridgehead atoms. The summed E-state index contributed by atoms with van der Waals surface area (Å²) < 4.78 is 20.3. The van der Waals surface area contributed by atoms with Crippen molar-refractivity contribution in [1.82, 2.24) is 0 Å². The fourth-order valence-electron chi connectivity index (χ4n) is 13.5. The zero-order chi connectivity index (χ0) is 56.5. The van der Waals surface area contributed by atoms with Crippen LogP contribution in [-0.2, 0) is 10.8 Å². The summed E-state index contributed by atoms with van der Waals surface area (Å²) in [5.41, 5.74) is 22.5. The molecule has 0 N–H and O–H groups in total. The highest BCUT2D eigenvalue weighted by Crippen LogP contribution is 2.52. The van der Waals surface area contributed by atoms with Gasteiger partial charge >= 0.3 is 0 Å². The molecule has 0 aliphatic carbocycles. The van der Waals surface area contributed by atoms with Gasteiger partial charge < -0.3 is 8.83 Å². The molecule has 0 spiro atoms. The van der Waals surface area contributed by atoms with Crippen molar-refractivity contribution in [2.45, 2.75) is 59.3 Å². The number of nitrogens with zero attached hydrogens (tertiary/aromatic N) is 2. The lowest BCUT2D eigenvalue weighted by Gasteiger charge is -2.41. The van der Waals surface area contributed by atoms with Gasteiger partial charge in [0.05, 0.1) is 11.4 Å². The Morgan fingerprint density at radius 3 is 1.02 bits per heavy atom. The summed E-state index contributed by atoms with van der Waals surface area (Å²) in [5.74, 6) is 1.66. The maximum atomic E-state index is 7.58. The Morgan fingerprint density at radius 1 is 0.357 bits per heavy atom. The van der Waals surface area contributed by atoms with Crippen LogP contribution in [0.15, 0.2) is 212 Å². The minimum atomic E-state index is -0.269. The van der Waals surface area contributed by atoms with E-state index in [1.165, 1.54) is 79.2 Å². The normalized spacial score (nSPS) is 13.3. The molecule has 0 radical (unpaired) electrons. The summed E-state index contributed by atoms with van der Waals surface area (Å²) in [6.45, 7) is 15.9. The van der Waals surface area contributed by atoms with Crippen LogP contribution in [0, 0.1) is 6.92 Å². The van der Waals surface area contributed by atoms with E-state index in [1.54, 1.807) is 0 Å². The monoisotopic (exact) mass is 1150 g/mol. The van der Waals surface area contributed by atoms with Crippen LogP contribution in [0.3, 0.4) is 0 Å². The molecule has 0 atom stereocenters. The Labute approximate surface area is 504 Å². The molecule has 9 heteroatoms. The molecule has 2 aliphatic rings. The molecule has 0 amide bonds. The average molecular weight is 1160 g/mol. The second-order valence-corrected chi connectivity index (χ2v) is 28.6. The highest BCUT2D eigenvalue weighted by Gasteiger charge is 2.49. The molecule has 17 rings (SSSR count). The maximum absolute atomic E-state index is 7.58. The van der Waals surface area contributed by atoms with Crippen LogP contribution < -0.4 is 26.2 Å². The Kier molecular flexibility index (Phi) is 10.9. The van der Waals surface area contributed by atoms with Gasteiger partial charge in [-0.2, -0.15) is 0 Å². The predicted octanol–water partition coefficient (Wildman–Crippen LogP) is 21.7. The minimum Gasteiger partial charge on any atom is -0.440 e. The van der Waals surface area contributed by atoms with E-state index < -0.39 is 0 Å². The molecule has 0 unspecified atom stereocenters. The van der Waals surface area contributed by atoms with Crippen molar-refractivity contribution in [3.63, 3.8) is 0 Å². The zero-order valence-corrected chi connectivity index (χ0v) is 50.8. The van der Waals surface area contributed by atoms with E-state index in [0.717, 1.165) is 95.2 Å². The number of hydrogen-bond donors (Lipinski definition) is 0. The topological polar surface area (TPSA) is 32.8 Å². The van der Waals surface area contributed by atoms with Gasteiger partial charge in [-0.25, -0.2) is 0 Å². The predicted molar refractivity (Wildman–Crippen MR) is 365 cm³/mol. The standard InChI is InChI=1S/C75H55BN2O2S4/c1-42-28-61-71-62(29-42)78(50-34-45(59-40-83-67-22-14-10-18-53(59)67)31-46(35-50)60-41-84-68-23-15-11-19-54(60)68)73-70(56-37-48(75(5,6)7)25-27-64(56)80-73)76(71)69-55-36-47(74(2,3)4)24-26-63(55)79-72(69)77(61)49-32-43(57-38-81-65-20-12-8-16-51(57)65)30-44(33-49)58-39-82-66-21-13-9-17-52(58)66/h8-41H,1-7H3. The minimum absolute atomic E-state index is 0.120. The molecule has 15 aromatic rings. The van der Waals surface area contributed by atoms with Crippen LogP contribution in [0.25, 0.3) is 107 Å². The molecular formula is C75H55BN2O2S4. The first kappa shape index (κ1) is 50.1. The molecule has 0 fully saturated rings. The lowest BCUT2D eigenvalue weighted by Crippen LogP contribution is -2.60. The summed E-state index contributed by atoms with van der Waals surface area (Å²) in [5, 5.41) is 16.6. The van der Waals surface area contributed by atoms with Crippen molar-refractivity contribution in [3.05, 3.63) is 220 Å². The van der Waals surface area contributed by atoms with Gasteiger partial charge in [-0.3, -0.25) is 9.80 Å². The van der Waals surface area contributed by atoms with Gasteiger partial charge in [-0.1, -0.05) is 126 Å². The Balaban J connectivity index is 1.00. The van der Waals surface area contributed by atoms with E-state index in [2.05, 4.69) is 262 Å². The molecule has 4 nitrogen and oxygen atoms in total. The number of thiophene rings is 4. The molecule has 6 aromatic heterocycles. The van der Waals surface area contributed by atoms with Crippen LogP contribution in [-0.4, -0.2) is 6.71 Å². The largest absolute Gasteiger partial charge is 0.440 e. The fourth-order valence-corrected chi connectivity index (χ4v) is 17.4. The number of fused-ring (bicyclic) bond motifs is 12. The van der Waals surface area contributed by atoms with Crippen LogP contribution in [0.5, 0.6) is 0 Å². The van der Waals surface area contributed by atoms with Crippen molar-refractivity contribution < 1.29 is 8.83 Å². The van der Waals surface area contributed by atoms with Gasteiger partial charge in [0.2, 0.25) is 11.8 Å². The first-order valence-corrected chi connectivity index (χ1v) is 32.4. The van der Waals surface area contributed by atoms with Crippen LogP contribution >= 0.6 is 45.3 Å². The molecule has 8 heterocycles. The number of anilines is 6.